The Balaban J connectivity index is 0.000000182. The molecule has 0 saturated heterocycles. The van der Waals surface area contributed by atoms with Crippen molar-refractivity contribution in [3.05, 3.63) is 131 Å². The van der Waals surface area contributed by atoms with Crippen LogP contribution in [0, 0.1) is 6.92 Å². The fourth-order valence-electron chi connectivity index (χ4n) is 6.99. The maximum absolute atomic E-state index is 12.4. The van der Waals surface area contributed by atoms with Crippen LogP contribution in [0.2, 0.25) is 0 Å². The molecule has 1 aliphatic heterocycles. The molecule has 206 valence electrons. The lowest BCUT2D eigenvalue weighted by Gasteiger charge is -2.32. The summed E-state index contributed by atoms with van der Waals surface area (Å²) in [6.07, 6.45) is 4.24. The summed E-state index contributed by atoms with van der Waals surface area (Å²) >= 11 is 0. The Labute approximate surface area is 244 Å². The Hall–Kier alpha value is -4.17. The fourth-order valence-corrected chi connectivity index (χ4v) is 6.99. The van der Waals surface area contributed by atoms with Gasteiger partial charge in [0.25, 0.3) is 0 Å². The van der Waals surface area contributed by atoms with Gasteiger partial charge in [-0.15, -0.1) is 0 Å². The smallest absolute Gasteiger partial charge is 0.137 e. The van der Waals surface area contributed by atoms with Crippen molar-refractivity contribution in [1.82, 2.24) is 0 Å². The molecule has 2 atom stereocenters. The third-order valence-corrected chi connectivity index (χ3v) is 8.80. The zero-order chi connectivity index (χ0) is 28.7. The van der Waals surface area contributed by atoms with Gasteiger partial charge in [-0.3, -0.25) is 4.79 Å². The number of carbonyl (C=O) groups is 1. The second kappa shape index (κ2) is 10.7. The molecule has 0 aromatic heterocycles. The number of hydrogen-bond acceptors (Lipinski definition) is 2. The number of allylic oxidation sites excluding steroid dienone is 1. The second-order valence-corrected chi connectivity index (χ2v) is 12.4. The molecule has 1 N–H and O–H groups in total. The summed E-state index contributed by atoms with van der Waals surface area (Å²) in [7, 11) is 0. The summed E-state index contributed by atoms with van der Waals surface area (Å²) in [6, 6.07) is 34.8. The van der Waals surface area contributed by atoms with E-state index < -0.39 is 0 Å². The molecule has 0 radical (unpaired) electrons. The van der Waals surface area contributed by atoms with E-state index in [4.69, 9.17) is 0 Å². The van der Waals surface area contributed by atoms with Gasteiger partial charge >= 0.3 is 0 Å². The summed E-state index contributed by atoms with van der Waals surface area (Å²) in [5.41, 5.74) is 9.28. The summed E-state index contributed by atoms with van der Waals surface area (Å²) in [5, 5.41) is 8.65. The van der Waals surface area contributed by atoms with Gasteiger partial charge in [0.1, 0.15) is 5.78 Å². The largest absolute Gasteiger partial charge is 0.376 e. The first-order chi connectivity index (χ1) is 19.7. The molecule has 2 heteroatoms. The Morgan fingerprint density at radius 2 is 1.51 bits per heavy atom. The first-order valence-electron chi connectivity index (χ1n) is 14.8. The van der Waals surface area contributed by atoms with Crippen LogP contribution >= 0.6 is 0 Å². The predicted octanol–water partition coefficient (Wildman–Crippen LogP) is 10.2. The average Bonchev–Trinajstić information content (AvgIpc) is 2.97. The number of anilines is 1. The number of aryl methyl sites for hydroxylation is 1. The quantitative estimate of drug-likeness (QED) is 0.227. The predicted molar refractivity (Wildman–Crippen MR) is 175 cm³/mol. The van der Waals surface area contributed by atoms with E-state index in [2.05, 4.69) is 136 Å². The Bertz CT molecular complexity index is 1790. The lowest BCUT2D eigenvalue weighted by Crippen LogP contribution is -2.31. The molecule has 2 aliphatic rings. The number of ketones is 1. The van der Waals surface area contributed by atoms with Crippen LogP contribution < -0.4 is 5.32 Å². The van der Waals surface area contributed by atoms with Gasteiger partial charge in [-0.25, -0.2) is 0 Å². The van der Waals surface area contributed by atoms with Crippen molar-refractivity contribution in [1.29, 1.82) is 0 Å². The minimum Gasteiger partial charge on any atom is -0.376 e. The third kappa shape index (κ3) is 5.20. The van der Waals surface area contributed by atoms with Crippen LogP contribution in [-0.2, 0) is 4.79 Å². The number of Topliss-reactive ketones (excluding diaryl/α,β-unsaturated/α-hetero) is 1. The van der Waals surface area contributed by atoms with E-state index in [0.717, 1.165) is 12.8 Å². The monoisotopic (exact) mass is 537 g/mol. The van der Waals surface area contributed by atoms with E-state index in [0.29, 0.717) is 5.92 Å². The van der Waals surface area contributed by atoms with Crippen molar-refractivity contribution >= 4 is 38.6 Å². The van der Waals surface area contributed by atoms with Gasteiger partial charge in [0.05, 0.1) is 5.54 Å². The molecular formula is C39H39NO. The van der Waals surface area contributed by atoms with Crippen LogP contribution in [0.15, 0.2) is 103 Å². The van der Waals surface area contributed by atoms with Crippen molar-refractivity contribution < 1.29 is 4.79 Å². The van der Waals surface area contributed by atoms with Gasteiger partial charge in [0.15, 0.2) is 0 Å². The van der Waals surface area contributed by atoms with Gasteiger partial charge < -0.3 is 5.32 Å². The molecule has 0 bridgehead atoms. The number of nitrogens with one attached hydrogen (secondary N) is 1. The Kier molecular flexibility index (Phi) is 7.03. The SMILES string of the molecule is CC(=O)C1CCC(c2ccccc2)c2c1ccc1c2ccc2ccccc21.CC1=CC(C)(C)Nc2ccc(C)cc21. The molecule has 7 rings (SSSR count). The number of fused-ring (bicyclic) bond motifs is 6. The van der Waals surface area contributed by atoms with Crippen LogP contribution in [0.5, 0.6) is 0 Å². The maximum Gasteiger partial charge on any atom is 0.137 e. The van der Waals surface area contributed by atoms with Crippen molar-refractivity contribution in [2.75, 3.05) is 5.32 Å². The standard InChI is InChI=1S/C26H22O.C13H17N/c1-17(27)20-13-14-22(18-7-3-2-4-8-18)26-24(20)16-15-23-21-10-6-5-9-19(21)11-12-25(23)26;1-9-5-6-12-11(7-9)10(2)8-13(3,4)14-12/h2-12,15-16,20,22H,13-14H2,1H3;5-8,14H,1-4H3. The van der Waals surface area contributed by atoms with Gasteiger partial charge in [0.2, 0.25) is 0 Å². The van der Waals surface area contributed by atoms with Gasteiger partial charge in [-0.1, -0.05) is 96.6 Å². The van der Waals surface area contributed by atoms with Crippen molar-refractivity contribution in [2.24, 2.45) is 0 Å². The van der Waals surface area contributed by atoms with E-state index in [1.54, 1.807) is 6.92 Å². The molecule has 0 amide bonds. The molecule has 5 aromatic carbocycles. The molecule has 0 saturated carbocycles. The fraction of sp³-hybridized carbons (Fsp3) is 0.256. The van der Waals surface area contributed by atoms with Crippen LogP contribution in [0.1, 0.15) is 80.2 Å². The Morgan fingerprint density at radius 3 is 2.29 bits per heavy atom. The lowest BCUT2D eigenvalue weighted by atomic mass is 9.71. The summed E-state index contributed by atoms with van der Waals surface area (Å²) in [6.45, 7) is 10.4. The van der Waals surface area contributed by atoms with Crippen molar-refractivity contribution in [3.8, 4) is 0 Å². The molecule has 1 heterocycles. The highest BCUT2D eigenvalue weighted by Gasteiger charge is 2.32. The Morgan fingerprint density at radius 1 is 0.780 bits per heavy atom. The van der Waals surface area contributed by atoms with E-state index >= 15 is 0 Å². The molecule has 5 aromatic rings. The molecule has 1 aliphatic carbocycles. The molecule has 2 nitrogen and oxygen atoms in total. The van der Waals surface area contributed by atoms with Gasteiger partial charge in [-0.2, -0.15) is 0 Å². The minimum absolute atomic E-state index is 0.0239. The van der Waals surface area contributed by atoms with Crippen molar-refractivity contribution in [3.63, 3.8) is 0 Å². The number of hydrogen-bond donors (Lipinski definition) is 1. The molecular weight excluding hydrogens is 498 g/mol. The van der Waals surface area contributed by atoms with Gasteiger partial charge in [-0.05, 0) is 103 Å². The molecule has 0 spiro atoms. The maximum atomic E-state index is 12.4. The molecule has 2 unspecified atom stereocenters. The highest BCUT2D eigenvalue weighted by molar-refractivity contribution is 6.09. The first-order valence-corrected chi connectivity index (χ1v) is 14.8. The second-order valence-electron chi connectivity index (χ2n) is 12.4. The van der Waals surface area contributed by atoms with Crippen LogP contribution in [-0.4, -0.2) is 11.3 Å². The summed E-state index contributed by atoms with van der Waals surface area (Å²) in [5.74, 6) is 0.653. The zero-order valence-corrected chi connectivity index (χ0v) is 24.8. The molecule has 41 heavy (non-hydrogen) atoms. The normalized spacial score (nSPS) is 18.8. The topological polar surface area (TPSA) is 29.1 Å². The van der Waals surface area contributed by atoms with Crippen LogP contribution in [0.25, 0.3) is 27.1 Å². The summed E-state index contributed by atoms with van der Waals surface area (Å²) in [4.78, 5) is 12.4. The van der Waals surface area contributed by atoms with Crippen LogP contribution in [0.4, 0.5) is 5.69 Å². The number of carbonyl (C=O) groups excluding carboxylic acids is 1. The first kappa shape index (κ1) is 27.0. The number of rotatable bonds is 2. The summed E-state index contributed by atoms with van der Waals surface area (Å²) < 4.78 is 0. The highest BCUT2D eigenvalue weighted by atomic mass is 16.1. The average molecular weight is 538 g/mol. The van der Waals surface area contributed by atoms with E-state index in [9.17, 15) is 4.79 Å². The van der Waals surface area contributed by atoms with E-state index in [1.165, 1.54) is 60.6 Å². The zero-order valence-electron chi connectivity index (χ0n) is 24.8. The lowest BCUT2D eigenvalue weighted by molar-refractivity contribution is -0.118. The van der Waals surface area contributed by atoms with E-state index in [1.807, 2.05) is 0 Å². The van der Waals surface area contributed by atoms with E-state index in [-0.39, 0.29) is 17.2 Å². The van der Waals surface area contributed by atoms with Gasteiger partial charge in [0, 0.05) is 23.1 Å². The third-order valence-electron chi connectivity index (χ3n) is 8.80. The highest BCUT2D eigenvalue weighted by Crippen LogP contribution is 2.46. The number of benzene rings is 5. The van der Waals surface area contributed by atoms with Crippen LogP contribution in [0.3, 0.4) is 0 Å². The molecule has 0 fully saturated rings. The minimum atomic E-state index is 0.0239. The van der Waals surface area contributed by atoms with Crippen molar-refractivity contribution in [2.45, 2.75) is 64.8 Å².